The normalized spacial score (nSPS) is 23.5. The Morgan fingerprint density at radius 3 is 2.38 bits per heavy atom. The SMILES string of the molecule is CN(C(=O)C1OCC1(C)C)C1CCN(C(=O)c2ccncc2)CC1. The standard InChI is InChI=1S/C18H25N3O3/c1-18(2)12-24-15(18)17(23)20(3)14-6-10-21(11-7-14)16(22)13-4-8-19-9-5-13/h4-5,8-9,14-15H,6-7,10-12H2,1-3H3. The number of likely N-dealkylation sites (tertiary alicyclic amines) is 1. The molecule has 1 aromatic heterocycles. The molecular formula is C18H25N3O3. The fourth-order valence-electron chi connectivity index (χ4n) is 3.40. The summed E-state index contributed by atoms with van der Waals surface area (Å²) in [5.74, 6) is 0.0958. The number of likely N-dealkylation sites (N-methyl/N-ethyl adjacent to an activating group) is 1. The number of piperidine rings is 1. The Balaban J connectivity index is 1.55. The highest BCUT2D eigenvalue weighted by atomic mass is 16.5. The van der Waals surface area contributed by atoms with Gasteiger partial charge in [0.25, 0.3) is 11.8 Å². The number of aromatic nitrogens is 1. The average Bonchev–Trinajstić information content (AvgIpc) is 2.60. The van der Waals surface area contributed by atoms with Gasteiger partial charge < -0.3 is 14.5 Å². The first-order valence-electron chi connectivity index (χ1n) is 8.48. The van der Waals surface area contributed by atoms with E-state index in [-0.39, 0.29) is 29.4 Å². The van der Waals surface area contributed by atoms with Crippen molar-refractivity contribution >= 4 is 11.8 Å². The number of hydrogen-bond donors (Lipinski definition) is 0. The molecule has 2 fully saturated rings. The highest BCUT2D eigenvalue weighted by Gasteiger charge is 2.47. The van der Waals surface area contributed by atoms with Crippen LogP contribution in [0.3, 0.4) is 0 Å². The number of pyridine rings is 1. The van der Waals surface area contributed by atoms with Crippen molar-refractivity contribution < 1.29 is 14.3 Å². The molecule has 0 spiro atoms. The van der Waals surface area contributed by atoms with Gasteiger partial charge in [0, 0.05) is 49.6 Å². The van der Waals surface area contributed by atoms with Crippen LogP contribution in [-0.2, 0) is 9.53 Å². The minimum absolute atomic E-state index is 0.0355. The number of carbonyl (C=O) groups is 2. The molecule has 0 aliphatic carbocycles. The first-order valence-corrected chi connectivity index (χ1v) is 8.48. The molecule has 2 aliphatic heterocycles. The van der Waals surface area contributed by atoms with E-state index in [0.717, 1.165) is 12.8 Å². The summed E-state index contributed by atoms with van der Waals surface area (Å²) >= 11 is 0. The molecule has 0 saturated carbocycles. The first-order chi connectivity index (χ1) is 11.4. The van der Waals surface area contributed by atoms with Crippen molar-refractivity contribution in [3.8, 4) is 0 Å². The zero-order valence-electron chi connectivity index (χ0n) is 14.6. The highest BCUT2D eigenvalue weighted by Crippen LogP contribution is 2.35. The van der Waals surface area contributed by atoms with Gasteiger partial charge in [-0.1, -0.05) is 13.8 Å². The quantitative estimate of drug-likeness (QED) is 0.843. The Morgan fingerprint density at radius 2 is 1.88 bits per heavy atom. The van der Waals surface area contributed by atoms with Gasteiger partial charge in [-0.15, -0.1) is 0 Å². The van der Waals surface area contributed by atoms with E-state index in [2.05, 4.69) is 18.8 Å². The summed E-state index contributed by atoms with van der Waals surface area (Å²) in [5.41, 5.74) is 0.584. The molecule has 1 aromatic rings. The van der Waals surface area contributed by atoms with E-state index in [9.17, 15) is 9.59 Å². The van der Waals surface area contributed by atoms with E-state index in [1.807, 2.05) is 16.8 Å². The lowest BCUT2D eigenvalue weighted by atomic mass is 9.81. The molecule has 3 rings (SSSR count). The molecule has 1 atom stereocenters. The predicted molar refractivity (Wildman–Crippen MR) is 89.5 cm³/mol. The summed E-state index contributed by atoms with van der Waals surface area (Å²) in [4.78, 5) is 32.7. The van der Waals surface area contributed by atoms with Gasteiger partial charge in [0.1, 0.15) is 6.10 Å². The van der Waals surface area contributed by atoms with Crippen molar-refractivity contribution in [2.75, 3.05) is 26.7 Å². The smallest absolute Gasteiger partial charge is 0.253 e. The van der Waals surface area contributed by atoms with Crippen LogP contribution in [0, 0.1) is 5.41 Å². The third-order valence-corrected chi connectivity index (χ3v) is 5.13. The van der Waals surface area contributed by atoms with E-state index in [1.54, 1.807) is 24.5 Å². The van der Waals surface area contributed by atoms with Gasteiger partial charge in [-0.25, -0.2) is 0 Å². The minimum atomic E-state index is -0.334. The molecule has 0 radical (unpaired) electrons. The number of nitrogens with zero attached hydrogens (tertiary/aromatic N) is 3. The molecule has 24 heavy (non-hydrogen) atoms. The summed E-state index contributed by atoms with van der Waals surface area (Å²) < 4.78 is 5.48. The predicted octanol–water partition coefficient (Wildman–Crippen LogP) is 1.57. The van der Waals surface area contributed by atoms with Crippen LogP contribution < -0.4 is 0 Å². The lowest BCUT2D eigenvalue weighted by Gasteiger charge is -2.46. The van der Waals surface area contributed by atoms with Crippen molar-refractivity contribution in [1.29, 1.82) is 0 Å². The van der Waals surface area contributed by atoms with Crippen LogP contribution in [0.15, 0.2) is 24.5 Å². The second kappa shape index (κ2) is 6.51. The molecule has 0 N–H and O–H groups in total. The van der Waals surface area contributed by atoms with Crippen LogP contribution in [-0.4, -0.2) is 65.5 Å². The first kappa shape index (κ1) is 16.9. The van der Waals surface area contributed by atoms with Crippen molar-refractivity contribution in [2.24, 2.45) is 5.41 Å². The van der Waals surface area contributed by atoms with E-state index in [0.29, 0.717) is 25.3 Å². The third-order valence-electron chi connectivity index (χ3n) is 5.13. The van der Waals surface area contributed by atoms with E-state index in [1.165, 1.54) is 0 Å². The number of hydrogen-bond acceptors (Lipinski definition) is 4. The highest BCUT2D eigenvalue weighted by molar-refractivity contribution is 5.94. The van der Waals surface area contributed by atoms with Crippen LogP contribution in [0.5, 0.6) is 0 Å². The third kappa shape index (κ3) is 3.15. The zero-order chi connectivity index (χ0) is 17.3. The Bertz CT molecular complexity index is 609. The van der Waals surface area contributed by atoms with Crippen molar-refractivity contribution in [3.05, 3.63) is 30.1 Å². The molecule has 6 nitrogen and oxygen atoms in total. The molecule has 1 unspecified atom stereocenters. The summed E-state index contributed by atoms with van der Waals surface area (Å²) in [5, 5.41) is 0. The number of amides is 2. The molecule has 2 amide bonds. The maximum atomic E-state index is 12.6. The molecule has 130 valence electrons. The van der Waals surface area contributed by atoms with Crippen molar-refractivity contribution in [2.45, 2.75) is 38.8 Å². The number of ether oxygens (including phenoxy) is 1. The van der Waals surface area contributed by atoms with Crippen molar-refractivity contribution in [1.82, 2.24) is 14.8 Å². The molecule has 0 aromatic carbocycles. The van der Waals surface area contributed by atoms with Gasteiger partial charge in [0.05, 0.1) is 6.61 Å². The second-order valence-corrected chi connectivity index (χ2v) is 7.39. The van der Waals surface area contributed by atoms with E-state index < -0.39 is 0 Å². The Labute approximate surface area is 142 Å². The van der Waals surface area contributed by atoms with Crippen molar-refractivity contribution in [3.63, 3.8) is 0 Å². The fraction of sp³-hybridized carbons (Fsp3) is 0.611. The topological polar surface area (TPSA) is 62.7 Å². The molecule has 0 bridgehead atoms. The van der Waals surface area contributed by atoms with Crippen LogP contribution in [0.1, 0.15) is 37.0 Å². The molecule has 2 saturated heterocycles. The maximum absolute atomic E-state index is 12.6. The fourth-order valence-corrected chi connectivity index (χ4v) is 3.40. The van der Waals surface area contributed by atoms with Crippen LogP contribution in [0.2, 0.25) is 0 Å². The monoisotopic (exact) mass is 331 g/mol. The summed E-state index contributed by atoms with van der Waals surface area (Å²) in [7, 11) is 1.85. The number of rotatable bonds is 3. The lowest BCUT2D eigenvalue weighted by Crippen LogP contribution is -2.59. The lowest BCUT2D eigenvalue weighted by molar-refractivity contribution is -0.193. The Kier molecular flexibility index (Phi) is 4.58. The summed E-state index contributed by atoms with van der Waals surface area (Å²) in [6.45, 7) is 6.08. The van der Waals surface area contributed by atoms with Gasteiger partial charge in [-0.2, -0.15) is 0 Å². The Hall–Kier alpha value is -1.95. The largest absolute Gasteiger partial charge is 0.367 e. The maximum Gasteiger partial charge on any atom is 0.253 e. The zero-order valence-corrected chi connectivity index (χ0v) is 14.6. The molecule has 6 heteroatoms. The second-order valence-electron chi connectivity index (χ2n) is 7.39. The van der Waals surface area contributed by atoms with E-state index in [4.69, 9.17) is 4.74 Å². The van der Waals surface area contributed by atoms with Crippen LogP contribution >= 0.6 is 0 Å². The molecular weight excluding hydrogens is 306 g/mol. The molecule has 2 aliphatic rings. The summed E-state index contributed by atoms with van der Waals surface area (Å²) in [6.07, 6.45) is 4.52. The van der Waals surface area contributed by atoms with Gasteiger partial charge in [0.2, 0.25) is 0 Å². The number of carbonyl (C=O) groups excluding carboxylic acids is 2. The minimum Gasteiger partial charge on any atom is -0.367 e. The van der Waals surface area contributed by atoms with Crippen LogP contribution in [0.25, 0.3) is 0 Å². The average molecular weight is 331 g/mol. The summed E-state index contributed by atoms with van der Waals surface area (Å²) in [6, 6.07) is 3.64. The van der Waals surface area contributed by atoms with Gasteiger partial charge >= 0.3 is 0 Å². The Morgan fingerprint density at radius 1 is 1.25 bits per heavy atom. The van der Waals surface area contributed by atoms with Gasteiger partial charge in [-0.05, 0) is 25.0 Å². The van der Waals surface area contributed by atoms with Gasteiger partial charge in [-0.3, -0.25) is 14.6 Å². The van der Waals surface area contributed by atoms with E-state index >= 15 is 0 Å². The van der Waals surface area contributed by atoms with Crippen LogP contribution in [0.4, 0.5) is 0 Å². The molecule has 3 heterocycles. The van der Waals surface area contributed by atoms with Gasteiger partial charge in [0.15, 0.2) is 0 Å².